The van der Waals surface area contributed by atoms with E-state index in [9.17, 15) is 0 Å². The molecule has 1 N–H and O–H groups in total. The minimum absolute atomic E-state index is 0.271. The molecule has 1 saturated carbocycles. The summed E-state index contributed by atoms with van der Waals surface area (Å²) in [6.45, 7) is 9.15. The number of aromatic nitrogens is 2. The number of rotatable bonds is 4. The van der Waals surface area contributed by atoms with Crippen molar-refractivity contribution in [3.63, 3.8) is 0 Å². The first-order valence-corrected chi connectivity index (χ1v) is 8.63. The summed E-state index contributed by atoms with van der Waals surface area (Å²) in [5.41, 5.74) is 0.674. The number of hydrogen-bond acceptors (Lipinski definition) is 3. The molecule has 21 heavy (non-hydrogen) atoms. The second-order valence-electron chi connectivity index (χ2n) is 7.24. The molecule has 4 nitrogen and oxygen atoms in total. The highest BCUT2D eigenvalue weighted by Crippen LogP contribution is 2.37. The lowest BCUT2D eigenvalue weighted by atomic mass is 9.76. The second kappa shape index (κ2) is 6.09. The van der Waals surface area contributed by atoms with Gasteiger partial charge in [0.25, 0.3) is 0 Å². The van der Waals surface area contributed by atoms with E-state index in [0.29, 0.717) is 5.54 Å². The van der Waals surface area contributed by atoms with Crippen LogP contribution in [0.4, 0.5) is 0 Å². The summed E-state index contributed by atoms with van der Waals surface area (Å²) in [5, 5.41) is 8.23. The van der Waals surface area contributed by atoms with Gasteiger partial charge in [-0.3, -0.25) is 9.58 Å². The standard InChI is InChI=1S/C17H30N4/c1-3-16(2)15-20(12-13-21-11-7-10-19-21)17(14-18-16)8-5-4-6-9-17/h7,10-11,18H,3-6,8-9,12-15H2,1-2H3. The summed E-state index contributed by atoms with van der Waals surface area (Å²) in [6.07, 6.45) is 12.1. The first-order valence-electron chi connectivity index (χ1n) is 8.63. The Hall–Kier alpha value is -0.870. The van der Waals surface area contributed by atoms with Crippen molar-refractivity contribution < 1.29 is 0 Å². The predicted octanol–water partition coefficient (Wildman–Crippen LogP) is 2.66. The number of nitrogens with one attached hydrogen (secondary N) is 1. The average Bonchev–Trinajstić information content (AvgIpc) is 3.03. The lowest BCUT2D eigenvalue weighted by Crippen LogP contribution is -2.69. The molecule has 1 aliphatic carbocycles. The highest BCUT2D eigenvalue weighted by Gasteiger charge is 2.45. The summed E-state index contributed by atoms with van der Waals surface area (Å²) in [5.74, 6) is 0. The van der Waals surface area contributed by atoms with E-state index in [4.69, 9.17) is 0 Å². The molecule has 1 saturated heterocycles. The summed E-state index contributed by atoms with van der Waals surface area (Å²) in [6, 6.07) is 2.02. The topological polar surface area (TPSA) is 33.1 Å². The van der Waals surface area contributed by atoms with Crippen molar-refractivity contribution in [1.29, 1.82) is 0 Å². The Morgan fingerprint density at radius 3 is 2.67 bits per heavy atom. The summed E-state index contributed by atoms with van der Waals surface area (Å²) in [4.78, 5) is 2.79. The van der Waals surface area contributed by atoms with Crippen LogP contribution in [0.3, 0.4) is 0 Å². The minimum atomic E-state index is 0.271. The Labute approximate surface area is 128 Å². The van der Waals surface area contributed by atoms with E-state index < -0.39 is 0 Å². The lowest BCUT2D eigenvalue weighted by molar-refractivity contribution is -0.0180. The highest BCUT2D eigenvalue weighted by atomic mass is 15.3. The first kappa shape index (κ1) is 15.0. The molecule has 3 rings (SSSR count). The van der Waals surface area contributed by atoms with Crippen LogP contribution in [0, 0.1) is 0 Å². The fourth-order valence-electron chi connectivity index (χ4n) is 4.05. The van der Waals surface area contributed by atoms with Crippen molar-refractivity contribution in [3.05, 3.63) is 18.5 Å². The third-order valence-electron chi connectivity index (χ3n) is 5.78. The van der Waals surface area contributed by atoms with Crippen molar-refractivity contribution in [1.82, 2.24) is 20.0 Å². The van der Waals surface area contributed by atoms with Crippen LogP contribution in [0.15, 0.2) is 18.5 Å². The zero-order valence-electron chi connectivity index (χ0n) is 13.6. The molecule has 1 aromatic rings. The third-order valence-corrected chi connectivity index (χ3v) is 5.78. The Bertz CT molecular complexity index is 436. The summed E-state index contributed by atoms with van der Waals surface area (Å²) < 4.78 is 2.07. The number of nitrogens with zero attached hydrogens (tertiary/aromatic N) is 3. The smallest absolute Gasteiger partial charge is 0.0536 e. The molecule has 0 aromatic carbocycles. The molecule has 2 aliphatic rings. The average molecular weight is 290 g/mol. The summed E-state index contributed by atoms with van der Waals surface area (Å²) in [7, 11) is 0. The molecule has 2 fully saturated rings. The van der Waals surface area contributed by atoms with Crippen LogP contribution in [-0.2, 0) is 6.54 Å². The quantitative estimate of drug-likeness (QED) is 0.925. The van der Waals surface area contributed by atoms with Crippen LogP contribution >= 0.6 is 0 Å². The maximum Gasteiger partial charge on any atom is 0.0536 e. The van der Waals surface area contributed by atoms with E-state index in [-0.39, 0.29) is 5.54 Å². The van der Waals surface area contributed by atoms with Crippen molar-refractivity contribution in [3.8, 4) is 0 Å². The molecule has 2 heterocycles. The van der Waals surface area contributed by atoms with Crippen molar-refractivity contribution in [2.75, 3.05) is 19.6 Å². The van der Waals surface area contributed by atoms with Gasteiger partial charge in [0.05, 0.1) is 6.54 Å². The third kappa shape index (κ3) is 3.16. The molecule has 1 spiro atoms. The Balaban J connectivity index is 1.72. The zero-order valence-corrected chi connectivity index (χ0v) is 13.6. The van der Waals surface area contributed by atoms with Crippen LogP contribution in [0.1, 0.15) is 52.4 Å². The van der Waals surface area contributed by atoms with Crippen molar-refractivity contribution in [2.45, 2.75) is 70.0 Å². The highest BCUT2D eigenvalue weighted by molar-refractivity contribution is 5.04. The van der Waals surface area contributed by atoms with Gasteiger partial charge in [-0.1, -0.05) is 26.2 Å². The molecule has 1 atom stereocenters. The molecule has 0 bridgehead atoms. The van der Waals surface area contributed by atoms with Gasteiger partial charge < -0.3 is 5.32 Å². The van der Waals surface area contributed by atoms with Gasteiger partial charge in [0.2, 0.25) is 0 Å². The van der Waals surface area contributed by atoms with Crippen molar-refractivity contribution >= 4 is 0 Å². The minimum Gasteiger partial charge on any atom is -0.308 e. The SMILES string of the molecule is CCC1(C)CN(CCn2cccn2)C2(CCCCC2)CN1. The Morgan fingerprint density at radius 2 is 2.00 bits per heavy atom. The van der Waals surface area contributed by atoms with E-state index in [1.807, 2.05) is 12.3 Å². The van der Waals surface area contributed by atoms with Gasteiger partial charge >= 0.3 is 0 Å². The molecule has 0 amide bonds. The molecular formula is C17H30N4. The first-order chi connectivity index (χ1) is 10.2. The Morgan fingerprint density at radius 1 is 1.19 bits per heavy atom. The van der Waals surface area contributed by atoms with Crippen LogP contribution < -0.4 is 5.32 Å². The molecule has 0 radical (unpaired) electrons. The fourth-order valence-corrected chi connectivity index (χ4v) is 4.05. The second-order valence-corrected chi connectivity index (χ2v) is 7.24. The fraction of sp³-hybridized carbons (Fsp3) is 0.824. The van der Waals surface area contributed by atoms with Gasteiger partial charge in [0.15, 0.2) is 0 Å². The van der Waals surface area contributed by atoms with E-state index in [1.165, 1.54) is 45.1 Å². The summed E-state index contributed by atoms with van der Waals surface area (Å²) >= 11 is 0. The largest absolute Gasteiger partial charge is 0.308 e. The van der Waals surface area contributed by atoms with Gasteiger partial charge in [0, 0.05) is 43.1 Å². The number of hydrogen-bond donors (Lipinski definition) is 1. The molecule has 1 aliphatic heterocycles. The van der Waals surface area contributed by atoms with Crippen LogP contribution in [0.25, 0.3) is 0 Å². The maximum atomic E-state index is 4.37. The molecule has 1 aromatic heterocycles. The van der Waals surface area contributed by atoms with Crippen LogP contribution in [-0.4, -0.2) is 45.4 Å². The molecule has 118 valence electrons. The predicted molar refractivity (Wildman–Crippen MR) is 86.3 cm³/mol. The zero-order chi connectivity index (χ0) is 14.8. The van der Waals surface area contributed by atoms with Gasteiger partial charge in [-0.2, -0.15) is 5.10 Å². The van der Waals surface area contributed by atoms with E-state index in [0.717, 1.165) is 19.6 Å². The van der Waals surface area contributed by atoms with Gasteiger partial charge in [-0.05, 0) is 32.3 Å². The normalized spacial score (nSPS) is 29.8. The van der Waals surface area contributed by atoms with Gasteiger partial charge in [-0.25, -0.2) is 0 Å². The Kier molecular flexibility index (Phi) is 4.36. The van der Waals surface area contributed by atoms with E-state index in [1.54, 1.807) is 0 Å². The number of piperazine rings is 1. The molecular weight excluding hydrogens is 260 g/mol. The maximum absolute atomic E-state index is 4.37. The molecule has 1 unspecified atom stereocenters. The monoisotopic (exact) mass is 290 g/mol. The van der Waals surface area contributed by atoms with Crippen LogP contribution in [0.2, 0.25) is 0 Å². The van der Waals surface area contributed by atoms with E-state index in [2.05, 4.69) is 40.0 Å². The van der Waals surface area contributed by atoms with Crippen LogP contribution in [0.5, 0.6) is 0 Å². The lowest BCUT2D eigenvalue weighted by Gasteiger charge is -2.55. The molecule has 4 heteroatoms. The van der Waals surface area contributed by atoms with Gasteiger partial charge in [-0.15, -0.1) is 0 Å². The van der Waals surface area contributed by atoms with E-state index >= 15 is 0 Å². The van der Waals surface area contributed by atoms with Crippen molar-refractivity contribution in [2.24, 2.45) is 0 Å². The van der Waals surface area contributed by atoms with Gasteiger partial charge in [0.1, 0.15) is 0 Å².